The summed E-state index contributed by atoms with van der Waals surface area (Å²) in [6.07, 6.45) is 2.86. The highest BCUT2D eigenvalue weighted by atomic mass is 32.2. The standard InChI is InChI=1S/C23H26N6O3S/c1-2-28-22(30)19-11-4-5-12-20(19)29-21(25-26-23(28)29)16-24-17-9-8-10-18(15-17)33(31,32)27-13-6-3-7-14-27/h4-5,8-12,15,24H,2-3,6-7,13-14,16H2,1H3. The topological polar surface area (TPSA) is 102 Å². The van der Waals surface area contributed by atoms with Crippen molar-refractivity contribution in [1.29, 1.82) is 0 Å². The Bertz CT molecular complexity index is 1490. The van der Waals surface area contributed by atoms with E-state index in [0.717, 1.165) is 24.8 Å². The zero-order valence-corrected chi connectivity index (χ0v) is 19.3. The fraction of sp³-hybridized carbons (Fsp3) is 0.348. The summed E-state index contributed by atoms with van der Waals surface area (Å²) in [5.41, 5.74) is 1.33. The van der Waals surface area contributed by atoms with Crippen LogP contribution in [-0.4, -0.2) is 45.0 Å². The first-order valence-electron chi connectivity index (χ1n) is 11.2. The molecule has 1 saturated heterocycles. The molecule has 33 heavy (non-hydrogen) atoms. The fourth-order valence-electron chi connectivity index (χ4n) is 4.42. The Hall–Kier alpha value is -3.24. The molecule has 2 aromatic carbocycles. The second kappa shape index (κ2) is 8.60. The number of benzene rings is 2. The SMILES string of the molecule is CCn1c(=O)c2ccccc2n2c(CNc3cccc(S(=O)(=O)N4CCCCC4)c3)nnc12. The number of aromatic nitrogens is 4. The lowest BCUT2D eigenvalue weighted by Gasteiger charge is -2.26. The third-order valence-corrected chi connectivity index (χ3v) is 8.02. The minimum Gasteiger partial charge on any atom is -0.378 e. The van der Waals surface area contributed by atoms with Crippen LogP contribution in [0.5, 0.6) is 0 Å². The monoisotopic (exact) mass is 466 g/mol. The fourth-order valence-corrected chi connectivity index (χ4v) is 5.98. The number of sulfonamides is 1. The second-order valence-corrected chi connectivity index (χ2v) is 10.1. The van der Waals surface area contributed by atoms with Crippen LogP contribution in [-0.2, 0) is 23.1 Å². The van der Waals surface area contributed by atoms with Crippen LogP contribution < -0.4 is 10.9 Å². The molecule has 1 fully saturated rings. The van der Waals surface area contributed by atoms with Gasteiger partial charge in [-0.2, -0.15) is 4.31 Å². The van der Waals surface area contributed by atoms with Crippen LogP contribution in [0.4, 0.5) is 5.69 Å². The molecule has 5 rings (SSSR count). The number of nitrogens with one attached hydrogen (secondary N) is 1. The number of hydrogen-bond donors (Lipinski definition) is 1. The van der Waals surface area contributed by atoms with Gasteiger partial charge in [0.25, 0.3) is 5.56 Å². The first kappa shape index (κ1) is 21.6. The molecule has 0 spiro atoms. The van der Waals surface area contributed by atoms with Crippen molar-refractivity contribution in [3.8, 4) is 0 Å². The van der Waals surface area contributed by atoms with Gasteiger partial charge in [0.15, 0.2) is 5.82 Å². The molecule has 1 aliphatic rings. The van der Waals surface area contributed by atoms with Gasteiger partial charge in [-0.1, -0.05) is 24.6 Å². The van der Waals surface area contributed by atoms with E-state index in [1.165, 1.54) is 0 Å². The van der Waals surface area contributed by atoms with E-state index < -0.39 is 10.0 Å². The highest BCUT2D eigenvalue weighted by Gasteiger charge is 2.26. The maximum atomic E-state index is 13.0. The third-order valence-electron chi connectivity index (χ3n) is 6.13. The van der Waals surface area contributed by atoms with Crippen LogP contribution >= 0.6 is 0 Å². The highest BCUT2D eigenvalue weighted by Crippen LogP contribution is 2.23. The van der Waals surface area contributed by atoms with Crippen molar-refractivity contribution in [2.24, 2.45) is 0 Å². The minimum atomic E-state index is -3.51. The van der Waals surface area contributed by atoms with Gasteiger partial charge in [0.05, 0.1) is 22.3 Å². The van der Waals surface area contributed by atoms with Gasteiger partial charge < -0.3 is 5.32 Å². The maximum Gasteiger partial charge on any atom is 0.262 e. The lowest BCUT2D eigenvalue weighted by molar-refractivity contribution is 0.346. The molecular weight excluding hydrogens is 440 g/mol. The number of nitrogens with zero attached hydrogens (tertiary/aromatic N) is 5. The van der Waals surface area contributed by atoms with Gasteiger partial charge in [-0.3, -0.25) is 13.8 Å². The smallest absolute Gasteiger partial charge is 0.262 e. The summed E-state index contributed by atoms with van der Waals surface area (Å²) in [6, 6.07) is 14.3. The number of aryl methyl sites for hydroxylation is 1. The predicted molar refractivity (Wildman–Crippen MR) is 127 cm³/mol. The third kappa shape index (κ3) is 3.79. The molecule has 0 amide bonds. The minimum absolute atomic E-state index is 0.0943. The summed E-state index contributed by atoms with van der Waals surface area (Å²) < 4.78 is 31.1. The van der Waals surface area contributed by atoms with E-state index in [4.69, 9.17) is 0 Å². The summed E-state index contributed by atoms with van der Waals surface area (Å²) in [5.74, 6) is 1.12. The Morgan fingerprint density at radius 3 is 2.58 bits per heavy atom. The number of fused-ring (bicyclic) bond motifs is 3. The molecule has 172 valence electrons. The Morgan fingerprint density at radius 2 is 1.79 bits per heavy atom. The molecule has 0 bridgehead atoms. The number of para-hydroxylation sites is 1. The molecule has 2 aromatic heterocycles. The van der Waals surface area contributed by atoms with Gasteiger partial charge in [0.1, 0.15) is 0 Å². The lowest BCUT2D eigenvalue weighted by atomic mass is 10.2. The van der Waals surface area contributed by atoms with Crippen molar-refractivity contribution < 1.29 is 8.42 Å². The van der Waals surface area contributed by atoms with Gasteiger partial charge in [0, 0.05) is 25.3 Å². The van der Waals surface area contributed by atoms with Gasteiger partial charge in [0.2, 0.25) is 15.8 Å². The van der Waals surface area contributed by atoms with E-state index in [-0.39, 0.29) is 10.5 Å². The molecule has 0 saturated carbocycles. The number of anilines is 1. The molecule has 1 N–H and O–H groups in total. The molecule has 3 heterocycles. The van der Waals surface area contributed by atoms with Crippen molar-refractivity contribution in [2.45, 2.75) is 44.2 Å². The molecule has 0 atom stereocenters. The molecule has 10 heteroatoms. The average molecular weight is 467 g/mol. The Kier molecular flexibility index (Phi) is 5.63. The largest absolute Gasteiger partial charge is 0.378 e. The van der Waals surface area contributed by atoms with E-state index in [9.17, 15) is 13.2 Å². The van der Waals surface area contributed by atoms with Crippen LogP contribution in [0.3, 0.4) is 0 Å². The average Bonchev–Trinajstić information content (AvgIpc) is 3.28. The predicted octanol–water partition coefficient (Wildman–Crippen LogP) is 2.85. The highest BCUT2D eigenvalue weighted by molar-refractivity contribution is 7.89. The van der Waals surface area contributed by atoms with E-state index >= 15 is 0 Å². The first-order valence-corrected chi connectivity index (χ1v) is 12.6. The van der Waals surface area contributed by atoms with Crippen LogP contribution in [0, 0.1) is 0 Å². The van der Waals surface area contributed by atoms with Crippen molar-refractivity contribution in [3.63, 3.8) is 0 Å². The normalized spacial score (nSPS) is 15.3. The maximum absolute atomic E-state index is 13.0. The molecule has 0 aliphatic carbocycles. The summed E-state index contributed by atoms with van der Waals surface area (Å²) in [6.45, 7) is 3.84. The van der Waals surface area contributed by atoms with Gasteiger partial charge in [-0.15, -0.1) is 10.2 Å². The molecule has 0 unspecified atom stereocenters. The van der Waals surface area contributed by atoms with Crippen molar-refractivity contribution in [3.05, 3.63) is 64.7 Å². The van der Waals surface area contributed by atoms with E-state index in [0.29, 0.717) is 48.9 Å². The zero-order valence-electron chi connectivity index (χ0n) is 18.4. The van der Waals surface area contributed by atoms with Gasteiger partial charge >= 0.3 is 0 Å². The summed E-state index contributed by atoms with van der Waals surface area (Å²) in [7, 11) is -3.51. The molecule has 9 nitrogen and oxygen atoms in total. The number of hydrogen-bond acceptors (Lipinski definition) is 6. The molecule has 4 aromatic rings. The van der Waals surface area contributed by atoms with Gasteiger partial charge in [-0.05, 0) is 50.1 Å². The zero-order chi connectivity index (χ0) is 23.0. The van der Waals surface area contributed by atoms with Gasteiger partial charge in [-0.25, -0.2) is 8.42 Å². The Morgan fingerprint density at radius 1 is 1.00 bits per heavy atom. The summed E-state index contributed by atoms with van der Waals surface area (Å²) >= 11 is 0. The Balaban J connectivity index is 1.47. The van der Waals surface area contributed by atoms with Crippen molar-refractivity contribution >= 4 is 32.4 Å². The quantitative estimate of drug-likeness (QED) is 0.469. The van der Waals surface area contributed by atoms with Crippen LogP contribution in [0.25, 0.3) is 16.7 Å². The lowest BCUT2D eigenvalue weighted by Crippen LogP contribution is -2.35. The molecular formula is C23H26N6O3S. The van der Waals surface area contributed by atoms with Crippen LogP contribution in [0.15, 0.2) is 58.2 Å². The first-order chi connectivity index (χ1) is 16.0. The summed E-state index contributed by atoms with van der Waals surface area (Å²) in [5, 5.41) is 12.5. The van der Waals surface area contributed by atoms with Crippen LogP contribution in [0.2, 0.25) is 0 Å². The van der Waals surface area contributed by atoms with E-state index in [1.54, 1.807) is 33.1 Å². The second-order valence-electron chi connectivity index (χ2n) is 8.16. The Labute approximate surface area is 191 Å². The van der Waals surface area contributed by atoms with E-state index in [1.807, 2.05) is 35.6 Å². The van der Waals surface area contributed by atoms with Crippen molar-refractivity contribution in [2.75, 3.05) is 18.4 Å². The van der Waals surface area contributed by atoms with Crippen molar-refractivity contribution in [1.82, 2.24) is 23.5 Å². The molecule has 0 radical (unpaired) electrons. The number of piperidine rings is 1. The summed E-state index contributed by atoms with van der Waals surface area (Å²) in [4.78, 5) is 13.1. The number of rotatable bonds is 6. The molecule has 1 aliphatic heterocycles. The van der Waals surface area contributed by atoms with Crippen LogP contribution in [0.1, 0.15) is 32.0 Å². The van der Waals surface area contributed by atoms with E-state index in [2.05, 4.69) is 15.5 Å².